The largest absolute Gasteiger partial charge is 0.368 e. The van der Waals surface area contributed by atoms with Gasteiger partial charge < -0.3 is 9.26 Å². The summed E-state index contributed by atoms with van der Waals surface area (Å²) in [5, 5.41) is 3.76. The molecule has 112 valence electrons. The van der Waals surface area contributed by atoms with Crippen LogP contribution in [0.5, 0.6) is 0 Å². The average Bonchev–Trinajstić information content (AvgIpc) is 3.17. The third-order valence-electron chi connectivity index (χ3n) is 3.16. The number of hydrogen-bond donors (Lipinski definition) is 1. The number of nitrogens with one attached hydrogen (secondary N) is 1. The van der Waals surface area contributed by atoms with Crippen LogP contribution in [-0.4, -0.2) is 25.2 Å². The van der Waals surface area contributed by atoms with Crippen LogP contribution < -0.4 is 4.72 Å². The van der Waals surface area contributed by atoms with E-state index >= 15 is 0 Å². The monoisotopic (exact) mass is 309 g/mol. The quantitative estimate of drug-likeness (QED) is 0.897. The molecule has 2 aromatic rings. The Kier molecular flexibility index (Phi) is 4.00. The highest BCUT2D eigenvalue weighted by atomic mass is 32.2. The first-order valence-corrected chi connectivity index (χ1v) is 8.12. The number of ether oxygens (including phenoxy) is 1. The highest BCUT2D eigenvalue weighted by Crippen LogP contribution is 2.26. The van der Waals surface area contributed by atoms with E-state index in [1.165, 1.54) is 12.1 Å². The summed E-state index contributed by atoms with van der Waals surface area (Å²) >= 11 is 0. The third kappa shape index (κ3) is 3.29. The Morgan fingerprint density at radius 2 is 2.10 bits per heavy atom. The van der Waals surface area contributed by atoms with Crippen molar-refractivity contribution in [2.45, 2.75) is 30.4 Å². The van der Waals surface area contributed by atoms with Crippen LogP contribution in [0.4, 0.5) is 0 Å². The fourth-order valence-electron chi connectivity index (χ4n) is 2.09. The predicted molar refractivity (Wildman–Crippen MR) is 72.7 cm³/mol. The number of nitrogens with zero attached hydrogens (tertiary/aromatic N) is 2. The van der Waals surface area contributed by atoms with E-state index in [0.29, 0.717) is 18.3 Å². The van der Waals surface area contributed by atoms with Gasteiger partial charge >= 0.3 is 0 Å². The maximum atomic E-state index is 12.0. The molecule has 1 fully saturated rings. The van der Waals surface area contributed by atoms with Crippen molar-refractivity contribution in [2.75, 3.05) is 6.61 Å². The standard InChI is InChI=1S/C13H15N3O4S/c17-21(18,10-5-2-1-3-6-10)14-9-12-15-13(20-16-12)11-7-4-8-19-11/h1-3,5-6,11,14H,4,7-9H2/t11-/m1/s1. The van der Waals surface area contributed by atoms with Gasteiger partial charge in [0.1, 0.15) is 6.10 Å². The van der Waals surface area contributed by atoms with Crippen molar-refractivity contribution in [1.29, 1.82) is 0 Å². The van der Waals surface area contributed by atoms with Crippen molar-refractivity contribution in [3.8, 4) is 0 Å². The van der Waals surface area contributed by atoms with E-state index in [1.54, 1.807) is 18.2 Å². The van der Waals surface area contributed by atoms with Crippen LogP contribution >= 0.6 is 0 Å². The Bertz CT molecular complexity index is 693. The maximum Gasteiger partial charge on any atom is 0.255 e. The van der Waals surface area contributed by atoms with E-state index in [-0.39, 0.29) is 17.5 Å². The maximum absolute atomic E-state index is 12.0. The Balaban J connectivity index is 1.65. The summed E-state index contributed by atoms with van der Waals surface area (Å²) in [6.45, 7) is 0.663. The van der Waals surface area contributed by atoms with Crippen molar-refractivity contribution in [3.63, 3.8) is 0 Å². The van der Waals surface area contributed by atoms with E-state index in [2.05, 4.69) is 14.9 Å². The predicted octanol–water partition coefficient (Wildman–Crippen LogP) is 1.40. The second-order valence-corrected chi connectivity index (χ2v) is 6.46. The van der Waals surface area contributed by atoms with Gasteiger partial charge in [-0.15, -0.1) is 0 Å². The summed E-state index contributed by atoms with van der Waals surface area (Å²) in [7, 11) is -3.57. The number of sulfonamides is 1. The van der Waals surface area contributed by atoms with Crippen molar-refractivity contribution < 1.29 is 17.7 Å². The summed E-state index contributed by atoms with van der Waals surface area (Å²) in [6.07, 6.45) is 1.64. The molecule has 1 aromatic heterocycles. The fraction of sp³-hybridized carbons (Fsp3) is 0.385. The van der Waals surface area contributed by atoms with Crippen molar-refractivity contribution in [1.82, 2.24) is 14.9 Å². The summed E-state index contributed by atoms with van der Waals surface area (Å²) in [6, 6.07) is 8.13. The van der Waals surface area contributed by atoms with E-state index < -0.39 is 10.0 Å². The zero-order valence-electron chi connectivity index (χ0n) is 11.2. The lowest BCUT2D eigenvalue weighted by Crippen LogP contribution is -2.23. The van der Waals surface area contributed by atoms with Crippen LogP contribution in [0.15, 0.2) is 39.8 Å². The van der Waals surface area contributed by atoms with Gasteiger partial charge in [-0.2, -0.15) is 4.98 Å². The summed E-state index contributed by atoms with van der Waals surface area (Å²) in [5.41, 5.74) is 0. The fourth-order valence-corrected chi connectivity index (χ4v) is 3.09. The molecule has 21 heavy (non-hydrogen) atoms. The van der Waals surface area contributed by atoms with Gasteiger partial charge in [0.15, 0.2) is 5.82 Å². The first-order chi connectivity index (χ1) is 10.1. The molecule has 0 amide bonds. The number of rotatable bonds is 5. The van der Waals surface area contributed by atoms with Gasteiger partial charge in [0.05, 0.1) is 11.4 Å². The topological polar surface area (TPSA) is 94.3 Å². The first kappa shape index (κ1) is 14.2. The zero-order valence-corrected chi connectivity index (χ0v) is 12.0. The van der Waals surface area contributed by atoms with Crippen LogP contribution in [0.2, 0.25) is 0 Å². The van der Waals surface area contributed by atoms with Gasteiger partial charge in [-0.05, 0) is 25.0 Å². The normalized spacial score (nSPS) is 19.0. The Hall–Kier alpha value is -1.77. The summed E-state index contributed by atoms with van der Waals surface area (Å²) in [5.74, 6) is 0.696. The van der Waals surface area contributed by atoms with Crippen LogP contribution in [0.3, 0.4) is 0 Å². The van der Waals surface area contributed by atoms with Gasteiger partial charge in [0.25, 0.3) is 5.89 Å². The third-order valence-corrected chi connectivity index (χ3v) is 4.58. The van der Waals surface area contributed by atoms with E-state index in [9.17, 15) is 8.42 Å². The van der Waals surface area contributed by atoms with Gasteiger partial charge in [0, 0.05) is 6.61 Å². The summed E-state index contributed by atoms with van der Waals surface area (Å²) in [4.78, 5) is 4.36. The van der Waals surface area contributed by atoms with Crippen molar-refractivity contribution in [3.05, 3.63) is 42.0 Å². The molecule has 8 heteroatoms. The van der Waals surface area contributed by atoms with E-state index in [4.69, 9.17) is 9.26 Å². The second-order valence-electron chi connectivity index (χ2n) is 4.69. The molecule has 0 radical (unpaired) electrons. The molecule has 1 atom stereocenters. The lowest BCUT2D eigenvalue weighted by molar-refractivity contribution is 0.0835. The first-order valence-electron chi connectivity index (χ1n) is 6.64. The van der Waals surface area contributed by atoms with Gasteiger partial charge in [0.2, 0.25) is 10.0 Å². The van der Waals surface area contributed by atoms with Crippen molar-refractivity contribution in [2.24, 2.45) is 0 Å². The highest BCUT2D eigenvalue weighted by molar-refractivity contribution is 7.89. The highest BCUT2D eigenvalue weighted by Gasteiger charge is 2.24. The molecule has 1 aliphatic rings. The molecule has 1 saturated heterocycles. The van der Waals surface area contributed by atoms with Crippen LogP contribution in [0, 0.1) is 0 Å². The molecular formula is C13H15N3O4S. The van der Waals surface area contributed by atoms with Gasteiger partial charge in [-0.3, -0.25) is 0 Å². The van der Waals surface area contributed by atoms with Gasteiger partial charge in [-0.1, -0.05) is 23.4 Å². The smallest absolute Gasteiger partial charge is 0.255 e. The van der Waals surface area contributed by atoms with E-state index in [0.717, 1.165) is 12.8 Å². The minimum atomic E-state index is -3.57. The molecular weight excluding hydrogens is 294 g/mol. The molecule has 1 aliphatic heterocycles. The molecule has 1 aromatic carbocycles. The minimum absolute atomic E-state index is 0.0204. The lowest BCUT2D eigenvalue weighted by atomic mass is 10.2. The van der Waals surface area contributed by atoms with Crippen LogP contribution in [0.1, 0.15) is 30.7 Å². The lowest BCUT2D eigenvalue weighted by Gasteiger charge is -2.04. The Morgan fingerprint density at radius 1 is 1.29 bits per heavy atom. The molecule has 7 nitrogen and oxygen atoms in total. The van der Waals surface area contributed by atoms with E-state index in [1.807, 2.05) is 0 Å². The van der Waals surface area contributed by atoms with Crippen molar-refractivity contribution >= 4 is 10.0 Å². The molecule has 0 saturated carbocycles. The molecule has 1 N–H and O–H groups in total. The molecule has 0 spiro atoms. The molecule has 3 rings (SSSR count). The summed E-state index contributed by atoms with van der Waals surface area (Å²) < 4.78 is 37.1. The molecule has 0 aliphatic carbocycles. The minimum Gasteiger partial charge on any atom is -0.368 e. The number of aromatic nitrogens is 2. The Labute approximate surface area is 122 Å². The van der Waals surface area contributed by atoms with Crippen LogP contribution in [-0.2, 0) is 21.3 Å². The number of benzene rings is 1. The zero-order chi connectivity index (χ0) is 14.7. The second kappa shape index (κ2) is 5.92. The average molecular weight is 309 g/mol. The Morgan fingerprint density at radius 3 is 2.81 bits per heavy atom. The molecule has 2 heterocycles. The van der Waals surface area contributed by atoms with Crippen LogP contribution in [0.25, 0.3) is 0 Å². The number of hydrogen-bond acceptors (Lipinski definition) is 6. The van der Waals surface area contributed by atoms with Gasteiger partial charge in [-0.25, -0.2) is 13.1 Å². The molecule has 0 bridgehead atoms. The molecule has 0 unspecified atom stereocenters. The SMILES string of the molecule is O=S(=O)(NCc1noc([C@H]2CCCO2)n1)c1ccccc1.